The van der Waals surface area contributed by atoms with Gasteiger partial charge in [0.1, 0.15) is 5.83 Å². The van der Waals surface area contributed by atoms with Gasteiger partial charge in [-0.05, 0) is 31.4 Å². The lowest BCUT2D eigenvalue weighted by Gasteiger charge is -2.26. The molecule has 1 atom stereocenters. The van der Waals surface area contributed by atoms with Gasteiger partial charge < -0.3 is 4.90 Å². The SMILES string of the molecule is CC/C=C\C=C/CCN(C)/C1=C/C(F)=C\C/C=C\C1C. The molecule has 0 aromatic heterocycles. The topological polar surface area (TPSA) is 3.24 Å². The lowest BCUT2D eigenvalue weighted by atomic mass is 10.0. The minimum atomic E-state index is -0.135. The summed E-state index contributed by atoms with van der Waals surface area (Å²) in [6.07, 6.45) is 18.6. The Hall–Kier alpha value is -1.57. The average molecular weight is 275 g/mol. The van der Waals surface area contributed by atoms with Crippen LogP contribution < -0.4 is 0 Å². The van der Waals surface area contributed by atoms with E-state index >= 15 is 0 Å². The molecule has 0 N–H and O–H groups in total. The van der Waals surface area contributed by atoms with Gasteiger partial charge in [0.15, 0.2) is 0 Å². The van der Waals surface area contributed by atoms with Crippen molar-refractivity contribution >= 4 is 0 Å². The van der Waals surface area contributed by atoms with Crippen LogP contribution in [0.4, 0.5) is 4.39 Å². The summed E-state index contributed by atoms with van der Waals surface area (Å²) < 4.78 is 13.6. The van der Waals surface area contributed by atoms with Crippen molar-refractivity contribution in [3.8, 4) is 0 Å². The van der Waals surface area contributed by atoms with Crippen LogP contribution in [0, 0.1) is 5.92 Å². The first-order valence-electron chi connectivity index (χ1n) is 7.41. The van der Waals surface area contributed by atoms with Gasteiger partial charge >= 0.3 is 0 Å². The minimum Gasteiger partial charge on any atom is -0.377 e. The van der Waals surface area contributed by atoms with Crippen molar-refractivity contribution in [2.24, 2.45) is 5.92 Å². The van der Waals surface area contributed by atoms with Gasteiger partial charge in [0.2, 0.25) is 0 Å². The van der Waals surface area contributed by atoms with Crippen molar-refractivity contribution in [3.63, 3.8) is 0 Å². The average Bonchev–Trinajstić information content (AvgIpc) is 2.42. The van der Waals surface area contributed by atoms with Gasteiger partial charge in [0.05, 0.1) is 0 Å². The fraction of sp³-hybridized carbons (Fsp3) is 0.444. The van der Waals surface area contributed by atoms with Gasteiger partial charge in [-0.15, -0.1) is 0 Å². The molecule has 20 heavy (non-hydrogen) atoms. The molecule has 0 spiro atoms. The van der Waals surface area contributed by atoms with Crippen LogP contribution in [0.1, 0.15) is 33.1 Å². The quantitative estimate of drug-likeness (QED) is 0.478. The van der Waals surface area contributed by atoms with Gasteiger partial charge in [0, 0.05) is 25.2 Å². The standard InChI is InChI=1S/C18H26FN/c1-4-5-6-7-8-11-14-20(3)18-15-17(19)13-10-9-12-16(18)2/h5-9,12-13,15-16H,4,10-11,14H2,1-3H3/b6-5-,8-7-,12-9-,17-13+,18-15+. The molecule has 0 saturated heterocycles. The lowest BCUT2D eigenvalue weighted by molar-refractivity contribution is 0.388. The number of hydrogen-bond donors (Lipinski definition) is 0. The highest BCUT2D eigenvalue weighted by molar-refractivity contribution is 5.24. The third kappa shape index (κ3) is 6.05. The van der Waals surface area contributed by atoms with E-state index in [1.165, 1.54) is 0 Å². The molecule has 0 radical (unpaired) electrons. The monoisotopic (exact) mass is 275 g/mol. The Bertz CT molecular complexity index is 427. The normalized spacial score (nSPS) is 26.7. The summed E-state index contributed by atoms with van der Waals surface area (Å²) >= 11 is 0. The van der Waals surface area contributed by atoms with Gasteiger partial charge in [-0.3, -0.25) is 0 Å². The molecule has 110 valence electrons. The van der Waals surface area contributed by atoms with Crippen molar-refractivity contribution in [3.05, 3.63) is 60.1 Å². The summed E-state index contributed by atoms with van der Waals surface area (Å²) in [7, 11) is 2.03. The molecule has 1 aliphatic carbocycles. The van der Waals surface area contributed by atoms with Crippen LogP contribution in [0.15, 0.2) is 60.1 Å². The van der Waals surface area contributed by atoms with E-state index in [9.17, 15) is 4.39 Å². The lowest BCUT2D eigenvalue weighted by Crippen LogP contribution is -2.22. The van der Waals surface area contributed by atoms with Crippen molar-refractivity contribution in [1.29, 1.82) is 0 Å². The van der Waals surface area contributed by atoms with E-state index in [1.54, 1.807) is 12.2 Å². The number of hydrogen-bond acceptors (Lipinski definition) is 1. The van der Waals surface area contributed by atoms with Crippen molar-refractivity contribution < 1.29 is 4.39 Å². The van der Waals surface area contributed by atoms with Gasteiger partial charge in [-0.25, -0.2) is 4.39 Å². The zero-order valence-corrected chi connectivity index (χ0v) is 12.8. The second kappa shape index (κ2) is 9.35. The van der Waals surface area contributed by atoms with Crippen LogP contribution in [0.5, 0.6) is 0 Å². The van der Waals surface area contributed by atoms with Gasteiger partial charge in [0.25, 0.3) is 0 Å². The van der Waals surface area contributed by atoms with Crippen LogP contribution in [0.2, 0.25) is 0 Å². The molecule has 0 aromatic rings. The Morgan fingerprint density at radius 3 is 2.85 bits per heavy atom. The fourth-order valence-electron chi connectivity index (χ4n) is 2.14. The summed E-state index contributed by atoms with van der Waals surface area (Å²) in [5.74, 6) is 0.118. The molecule has 0 heterocycles. The summed E-state index contributed by atoms with van der Waals surface area (Å²) in [5.41, 5.74) is 1.03. The molecule has 1 rings (SSSR count). The molecule has 0 aromatic carbocycles. The third-order valence-corrected chi connectivity index (χ3v) is 3.32. The molecule has 1 unspecified atom stereocenters. The van der Waals surface area contributed by atoms with E-state index in [0.29, 0.717) is 6.42 Å². The Morgan fingerprint density at radius 2 is 2.10 bits per heavy atom. The highest BCUT2D eigenvalue weighted by atomic mass is 19.1. The van der Waals surface area contributed by atoms with Crippen molar-refractivity contribution in [1.82, 2.24) is 4.90 Å². The Labute approximate surface area is 122 Å². The zero-order valence-electron chi connectivity index (χ0n) is 12.8. The smallest absolute Gasteiger partial charge is 0.121 e. The molecule has 0 bridgehead atoms. The van der Waals surface area contributed by atoms with E-state index in [0.717, 1.165) is 25.1 Å². The second-order valence-corrected chi connectivity index (χ2v) is 5.09. The fourth-order valence-corrected chi connectivity index (χ4v) is 2.14. The molecule has 1 aliphatic rings. The number of halogens is 1. The van der Waals surface area contributed by atoms with Gasteiger partial charge in [-0.2, -0.15) is 0 Å². The van der Waals surface area contributed by atoms with E-state index < -0.39 is 0 Å². The zero-order chi connectivity index (χ0) is 14.8. The van der Waals surface area contributed by atoms with Gasteiger partial charge in [-0.1, -0.05) is 50.3 Å². The maximum atomic E-state index is 13.6. The predicted octanol–water partition coefficient (Wildman–Crippen LogP) is 5.16. The molecular weight excluding hydrogens is 249 g/mol. The molecule has 0 saturated carbocycles. The Balaban J connectivity index is 2.58. The second-order valence-electron chi connectivity index (χ2n) is 5.09. The molecule has 1 nitrogen and oxygen atoms in total. The Morgan fingerprint density at radius 1 is 1.35 bits per heavy atom. The predicted molar refractivity (Wildman–Crippen MR) is 86.0 cm³/mol. The highest BCUT2D eigenvalue weighted by Crippen LogP contribution is 2.21. The van der Waals surface area contributed by atoms with Crippen molar-refractivity contribution in [2.75, 3.05) is 13.6 Å². The summed E-state index contributed by atoms with van der Waals surface area (Å²) in [5, 5.41) is 0. The molecule has 0 fully saturated rings. The maximum absolute atomic E-state index is 13.6. The molecule has 0 aliphatic heterocycles. The third-order valence-electron chi connectivity index (χ3n) is 3.32. The maximum Gasteiger partial charge on any atom is 0.121 e. The van der Waals surface area contributed by atoms with Crippen LogP contribution in [-0.4, -0.2) is 18.5 Å². The molecular formula is C18H26FN. The first kappa shape index (κ1) is 16.5. The summed E-state index contributed by atoms with van der Waals surface area (Å²) in [6.45, 7) is 5.13. The van der Waals surface area contributed by atoms with E-state index in [4.69, 9.17) is 0 Å². The number of rotatable bonds is 6. The largest absolute Gasteiger partial charge is 0.377 e. The van der Waals surface area contributed by atoms with Crippen molar-refractivity contribution in [2.45, 2.75) is 33.1 Å². The van der Waals surface area contributed by atoms with E-state index in [2.05, 4.69) is 49.1 Å². The first-order chi connectivity index (χ1) is 9.65. The Kier molecular flexibility index (Phi) is 7.71. The molecule has 0 amide bonds. The number of allylic oxidation sites excluding steroid dienone is 8. The van der Waals surface area contributed by atoms with Crippen LogP contribution in [0.25, 0.3) is 0 Å². The van der Waals surface area contributed by atoms with E-state index in [1.807, 2.05) is 13.1 Å². The highest BCUT2D eigenvalue weighted by Gasteiger charge is 2.12. The van der Waals surface area contributed by atoms with Crippen LogP contribution in [0.3, 0.4) is 0 Å². The van der Waals surface area contributed by atoms with Crippen LogP contribution >= 0.6 is 0 Å². The summed E-state index contributed by atoms with van der Waals surface area (Å²) in [6, 6.07) is 0. The van der Waals surface area contributed by atoms with Crippen LogP contribution in [-0.2, 0) is 0 Å². The number of nitrogens with zero attached hydrogens (tertiary/aromatic N) is 1. The minimum absolute atomic E-state index is 0.135. The molecule has 2 heteroatoms. The first-order valence-corrected chi connectivity index (χ1v) is 7.41. The summed E-state index contributed by atoms with van der Waals surface area (Å²) in [4.78, 5) is 2.14. The van der Waals surface area contributed by atoms with E-state index in [-0.39, 0.29) is 11.7 Å².